The average molecular weight is 308 g/mol. The lowest BCUT2D eigenvalue weighted by Crippen LogP contribution is -1.95. The molecule has 1 aromatic carbocycles. The van der Waals surface area contributed by atoms with Crippen LogP contribution in [0.3, 0.4) is 0 Å². The van der Waals surface area contributed by atoms with Crippen LogP contribution in [0.4, 0.5) is 0 Å². The van der Waals surface area contributed by atoms with E-state index in [1.165, 1.54) is 5.56 Å². The summed E-state index contributed by atoms with van der Waals surface area (Å²) in [6.45, 7) is 2.87. The summed E-state index contributed by atoms with van der Waals surface area (Å²) < 4.78 is 6.55. The van der Waals surface area contributed by atoms with Gasteiger partial charge in [-0.1, -0.05) is 28.9 Å². The van der Waals surface area contributed by atoms with E-state index in [4.69, 9.17) is 4.74 Å². The van der Waals surface area contributed by atoms with Crippen LogP contribution in [-0.2, 0) is 5.33 Å². The van der Waals surface area contributed by atoms with E-state index in [1.54, 1.807) is 0 Å². The first kappa shape index (κ1) is 11.1. The van der Waals surface area contributed by atoms with Crippen molar-refractivity contribution >= 4 is 31.9 Å². The molecule has 1 rings (SSSR count). The number of ether oxygens (including phenoxy) is 1. The van der Waals surface area contributed by atoms with Crippen LogP contribution in [-0.4, -0.2) is 6.61 Å². The standard InChI is InChI=1S/C10H12Br2O/c1-2-5-13-10-4-3-8(7-11)6-9(10)12/h3-4,6H,2,5,7H2,1H3. The Morgan fingerprint density at radius 3 is 2.69 bits per heavy atom. The molecule has 0 saturated carbocycles. The quantitative estimate of drug-likeness (QED) is 0.760. The van der Waals surface area contributed by atoms with Gasteiger partial charge in [0.1, 0.15) is 5.75 Å². The largest absolute Gasteiger partial charge is 0.492 e. The van der Waals surface area contributed by atoms with Crippen molar-refractivity contribution in [2.45, 2.75) is 18.7 Å². The Morgan fingerprint density at radius 2 is 2.15 bits per heavy atom. The fourth-order valence-corrected chi connectivity index (χ4v) is 1.85. The second kappa shape index (κ2) is 5.66. The van der Waals surface area contributed by atoms with Crippen LogP contribution in [0.5, 0.6) is 5.75 Å². The fraction of sp³-hybridized carbons (Fsp3) is 0.400. The molecule has 0 fully saturated rings. The third-order valence-electron chi connectivity index (χ3n) is 1.61. The molecular weight excluding hydrogens is 296 g/mol. The minimum Gasteiger partial charge on any atom is -0.492 e. The molecule has 0 saturated heterocycles. The van der Waals surface area contributed by atoms with Gasteiger partial charge in [0, 0.05) is 5.33 Å². The van der Waals surface area contributed by atoms with Crippen LogP contribution in [0.1, 0.15) is 18.9 Å². The summed E-state index contributed by atoms with van der Waals surface area (Å²) in [6.07, 6.45) is 1.03. The average Bonchev–Trinajstić information content (AvgIpc) is 2.16. The zero-order valence-corrected chi connectivity index (χ0v) is 10.7. The van der Waals surface area contributed by atoms with Crippen molar-refractivity contribution in [3.05, 3.63) is 28.2 Å². The summed E-state index contributed by atoms with van der Waals surface area (Å²) in [7, 11) is 0. The Balaban J connectivity index is 2.73. The lowest BCUT2D eigenvalue weighted by molar-refractivity contribution is 0.315. The monoisotopic (exact) mass is 306 g/mol. The first-order valence-corrected chi connectivity index (χ1v) is 6.16. The van der Waals surface area contributed by atoms with E-state index < -0.39 is 0 Å². The maximum atomic E-state index is 5.52. The van der Waals surface area contributed by atoms with E-state index in [9.17, 15) is 0 Å². The van der Waals surface area contributed by atoms with E-state index in [0.717, 1.165) is 28.6 Å². The Bertz CT molecular complexity index is 274. The molecule has 72 valence electrons. The minimum atomic E-state index is 0.770. The van der Waals surface area contributed by atoms with Gasteiger partial charge < -0.3 is 4.74 Å². The molecule has 0 radical (unpaired) electrons. The first-order valence-electron chi connectivity index (χ1n) is 4.25. The summed E-state index contributed by atoms with van der Waals surface area (Å²) in [4.78, 5) is 0. The van der Waals surface area contributed by atoms with Gasteiger partial charge in [0.15, 0.2) is 0 Å². The van der Waals surface area contributed by atoms with Crippen LogP contribution < -0.4 is 4.74 Å². The topological polar surface area (TPSA) is 9.23 Å². The van der Waals surface area contributed by atoms with Crippen molar-refractivity contribution in [3.63, 3.8) is 0 Å². The lowest BCUT2D eigenvalue weighted by Gasteiger charge is -2.07. The number of alkyl halides is 1. The van der Waals surface area contributed by atoms with Gasteiger partial charge in [-0.15, -0.1) is 0 Å². The Hall–Kier alpha value is -0.0200. The maximum Gasteiger partial charge on any atom is 0.133 e. The third-order valence-corrected chi connectivity index (χ3v) is 2.88. The van der Waals surface area contributed by atoms with Crippen molar-refractivity contribution in [1.82, 2.24) is 0 Å². The van der Waals surface area contributed by atoms with Crippen molar-refractivity contribution in [1.29, 1.82) is 0 Å². The van der Waals surface area contributed by atoms with Gasteiger partial charge >= 0.3 is 0 Å². The van der Waals surface area contributed by atoms with E-state index in [2.05, 4.69) is 50.9 Å². The second-order valence-corrected chi connectivity index (χ2v) is 4.16. The molecule has 0 atom stereocenters. The zero-order chi connectivity index (χ0) is 9.68. The lowest BCUT2D eigenvalue weighted by atomic mass is 10.2. The molecule has 0 aliphatic heterocycles. The van der Waals surface area contributed by atoms with Crippen molar-refractivity contribution in [3.8, 4) is 5.75 Å². The normalized spacial score (nSPS) is 10.1. The van der Waals surface area contributed by atoms with Gasteiger partial charge in [-0.05, 0) is 40.0 Å². The number of halogens is 2. The van der Waals surface area contributed by atoms with Gasteiger partial charge in [0.05, 0.1) is 11.1 Å². The van der Waals surface area contributed by atoms with Crippen molar-refractivity contribution in [2.75, 3.05) is 6.61 Å². The molecule has 0 aliphatic rings. The molecule has 0 heterocycles. The molecule has 1 aromatic rings. The van der Waals surface area contributed by atoms with Gasteiger partial charge in [-0.25, -0.2) is 0 Å². The molecule has 0 N–H and O–H groups in total. The number of hydrogen-bond donors (Lipinski definition) is 0. The highest BCUT2D eigenvalue weighted by Crippen LogP contribution is 2.26. The molecule has 0 unspecified atom stereocenters. The van der Waals surface area contributed by atoms with E-state index in [1.807, 2.05) is 6.07 Å². The smallest absolute Gasteiger partial charge is 0.133 e. The Labute approximate surface area is 95.7 Å². The van der Waals surface area contributed by atoms with Crippen molar-refractivity contribution in [2.24, 2.45) is 0 Å². The van der Waals surface area contributed by atoms with Gasteiger partial charge in [-0.2, -0.15) is 0 Å². The summed E-state index contributed by atoms with van der Waals surface area (Å²) in [5.74, 6) is 0.923. The highest BCUT2D eigenvalue weighted by molar-refractivity contribution is 9.10. The summed E-state index contributed by atoms with van der Waals surface area (Å²) in [5.41, 5.74) is 1.25. The zero-order valence-electron chi connectivity index (χ0n) is 7.52. The fourth-order valence-electron chi connectivity index (χ4n) is 0.957. The van der Waals surface area contributed by atoms with Crippen LogP contribution in [0.2, 0.25) is 0 Å². The third kappa shape index (κ3) is 3.31. The summed E-state index contributed by atoms with van der Waals surface area (Å²) in [6, 6.07) is 6.13. The van der Waals surface area contributed by atoms with Gasteiger partial charge in [0.25, 0.3) is 0 Å². The Kier molecular flexibility index (Phi) is 4.81. The molecule has 1 nitrogen and oxygen atoms in total. The van der Waals surface area contributed by atoms with Crippen LogP contribution in [0.15, 0.2) is 22.7 Å². The summed E-state index contributed by atoms with van der Waals surface area (Å²) >= 11 is 6.88. The SMILES string of the molecule is CCCOc1ccc(CBr)cc1Br. The van der Waals surface area contributed by atoms with Gasteiger partial charge in [0.2, 0.25) is 0 Å². The van der Waals surface area contributed by atoms with E-state index in [-0.39, 0.29) is 0 Å². The Morgan fingerprint density at radius 1 is 1.38 bits per heavy atom. The molecule has 0 bridgehead atoms. The molecule has 13 heavy (non-hydrogen) atoms. The van der Waals surface area contributed by atoms with Crippen LogP contribution in [0.25, 0.3) is 0 Å². The molecule has 3 heteroatoms. The van der Waals surface area contributed by atoms with Crippen LogP contribution in [0, 0.1) is 0 Å². The highest BCUT2D eigenvalue weighted by atomic mass is 79.9. The highest BCUT2D eigenvalue weighted by Gasteiger charge is 2.00. The van der Waals surface area contributed by atoms with Crippen molar-refractivity contribution < 1.29 is 4.74 Å². The van der Waals surface area contributed by atoms with Crippen LogP contribution >= 0.6 is 31.9 Å². The molecule has 0 aliphatic carbocycles. The van der Waals surface area contributed by atoms with E-state index >= 15 is 0 Å². The molecule has 0 spiro atoms. The second-order valence-electron chi connectivity index (χ2n) is 2.75. The predicted molar refractivity (Wildman–Crippen MR) is 62.6 cm³/mol. The maximum absolute atomic E-state index is 5.52. The number of benzene rings is 1. The van der Waals surface area contributed by atoms with Gasteiger partial charge in [-0.3, -0.25) is 0 Å². The molecule has 0 amide bonds. The number of hydrogen-bond acceptors (Lipinski definition) is 1. The number of rotatable bonds is 4. The summed E-state index contributed by atoms with van der Waals surface area (Å²) in [5, 5.41) is 0.875. The van der Waals surface area contributed by atoms with E-state index in [0.29, 0.717) is 0 Å². The predicted octanol–water partition coefficient (Wildman–Crippen LogP) is 4.13. The molecular formula is C10H12Br2O. The first-order chi connectivity index (χ1) is 6.27. The molecule has 0 aromatic heterocycles. The minimum absolute atomic E-state index is 0.770.